The van der Waals surface area contributed by atoms with Crippen molar-refractivity contribution in [2.45, 2.75) is 64.2 Å². The second-order valence-corrected chi connectivity index (χ2v) is 12.4. The number of pyridine rings is 1. The first-order valence-electron chi connectivity index (χ1n) is 8.12. The number of fused-ring (bicyclic) bond motifs is 1. The van der Waals surface area contributed by atoms with Gasteiger partial charge in [-0.05, 0) is 49.0 Å². The summed E-state index contributed by atoms with van der Waals surface area (Å²) in [4.78, 5) is 4.57. The normalized spacial score (nSPS) is 19.4. The van der Waals surface area contributed by atoms with Gasteiger partial charge >= 0.3 is 0 Å². The Morgan fingerprint density at radius 3 is 2.86 bits per heavy atom. The van der Waals surface area contributed by atoms with Gasteiger partial charge < -0.3 is 9.74 Å². The van der Waals surface area contributed by atoms with E-state index in [4.69, 9.17) is 4.43 Å². The molecular weight excluding hydrogens is 276 g/mol. The lowest BCUT2D eigenvalue weighted by atomic mass is 9.92. The number of aromatic nitrogens is 1. The van der Waals surface area contributed by atoms with Gasteiger partial charge in [0, 0.05) is 25.4 Å². The van der Waals surface area contributed by atoms with E-state index >= 15 is 0 Å². The van der Waals surface area contributed by atoms with E-state index in [1.54, 1.807) is 0 Å². The van der Waals surface area contributed by atoms with Gasteiger partial charge in [-0.3, -0.25) is 4.98 Å². The molecule has 1 unspecified atom stereocenters. The first-order valence-corrected chi connectivity index (χ1v) is 11.0. The van der Waals surface area contributed by atoms with Gasteiger partial charge in [-0.1, -0.05) is 26.8 Å². The van der Waals surface area contributed by atoms with Crippen molar-refractivity contribution in [1.82, 2.24) is 10.3 Å². The van der Waals surface area contributed by atoms with E-state index in [-0.39, 0.29) is 5.04 Å². The lowest BCUT2D eigenvalue weighted by Gasteiger charge is -2.36. The lowest BCUT2D eigenvalue weighted by Crippen LogP contribution is -2.42. The fourth-order valence-electron chi connectivity index (χ4n) is 2.56. The molecule has 1 aliphatic rings. The summed E-state index contributed by atoms with van der Waals surface area (Å²) in [6.07, 6.45) is 5.51. The summed E-state index contributed by atoms with van der Waals surface area (Å²) in [5, 5.41) is 3.92. The van der Waals surface area contributed by atoms with Crippen LogP contribution < -0.4 is 5.32 Å². The SMILES string of the molecule is CC(C)(C)[Si](C)(C)OCCNC1CCCc2cccnc21. The van der Waals surface area contributed by atoms with Crippen LogP contribution in [0.4, 0.5) is 0 Å². The van der Waals surface area contributed by atoms with Crippen molar-refractivity contribution in [2.24, 2.45) is 0 Å². The molecule has 0 spiro atoms. The van der Waals surface area contributed by atoms with Gasteiger partial charge in [-0.25, -0.2) is 0 Å². The zero-order valence-electron chi connectivity index (χ0n) is 14.2. The third-order valence-electron chi connectivity index (χ3n) is 4.96. The molecule has 2 rings (SSSR count). The van der Waals surface area contributed by atoms with E-state index in [0.717, 1.165) is 13.2 Å². The summed E-state index contributed by atoms with van der Waals surface area (Å²) in [6, 6.07) is 4.65. The predicted molar refractivity (Wildman–Crippen MR) is 91.1 cm³/mol. The van der Waals surface area contributed by atoms with Crippen molar-refractivity contribution in [2.75, 3.05) is 13.2 Å². The quantitative estimate of drug-likeness (QED) is 0.658. The predicted octanol–water partition coefficient (Wildman–Crippen LogP) is 4.07. The van der Waals surface area contributed by atoms with Crippen LogP contribution in [0.15, 0.2) is 18.3 Å². The standard InChI is InChI=1S/C17H30N2OSi/c1-17(2,3)21(4,5)20-13-12-18-15-10-6-8-14-9-7-11-19-16(14)15/h7,9,11,15,18H,6,8,10,12-13H2,1-5H3. The van der Waals surface area contributed by atoms with Crippen LogP contribution in [0.1, 0.15) is 50.9 Å². The van der Waals surface area contributed by atoms with Crippen LogP contribution in [0, 0.1) is 0 Å². The third kappa shape index (κ3) is 4.15. The van der Waals surface area contributed by atoms with E-state index in [1.807, 2.05) is 12.3 Å². The Morgan fingerprint density at radius 1 is 1.38 bits per heavy atom. The number of aryl methyl sites for hydroxylation is 1. The minimum Gasteiger partial charge on any atom is -0.416 e. The van der Waals surface area contributed by atoms with Gasteiger partial charge in [0.05, 0.1) is 5.69 Å². The zero-order valence-corrected chi connectivity index (χ0v) is 15.2. The fourth-order valence-corrected chi connectivity index (χ4v) is 3.61. The summed E-state index contributed by atoms with van der Waals surface area (Å²) in [6.45, 7) is 13.2. The van der Waals surface area contributed by atoms with Crippen LogP contribution in [0.3, 0.4) is 0 Å². The molecule has 0 bridgehead atoms. The summed E-state index contributed by atoms with van der Waals surface area (Å²) >= 11 is 0. The van der Waals surface area contributed by atoms with E-state index < -0.39 is 8.32 Å². The largest absolute Gasteiger partial charge is 0.416 e. The van der Waals surface area contributed by atoms with Crippen molar-refractivity contribution >= 4 is 8.32 Å². The highest BCUT2D eigenvalue weighted by atomic mass is 28.4. The molecule has 0 amide bonds. The molecule has 0 fully saturated rings. The molecule has 1 heterocycles. The van der Waals surface area contributed by atoms with Crippen LogP contribution in [-0.2, 0) is 10.8 Å². The van der Waals surface area contributed by atoms with Crippen molar-refractivity contribution < 1.29 is 4.43 Å². The zero-order chi connectivity index (χ0) is 15.5. The third-order valence-corrected chi connectivity index (χ3v) is 9.50. The molecule has 0 aromatic carbocycles. The Balaban J connectivity index is 1.83. The second kappa shape index (κ2) is 6.59. The lowest BCUT2D eigenvalue weighted by molar-refractivity contribution is 0.275. The Morgan fingerprint density at radius 2 is 2.14 bits per heavy atom. The molecule has 1 aliphatic carbocycles. The molecule has 1 atom stereocenters. The Hall–Kier alpha value is -0.713. The average molecular weight is 307 g/mol. The van der Waals surface area contributed by atoms with Crippen molar-refractivity contribution in [1.29, 1.82) is 0 Å². The van der Waals surface area contributed by atoms with Gasteiger partial charge in [0.15, 0.2) is 8.32 Å². The van der Waals surface area contributed by atoms with Crippen LogP contribution in [0.25, 0.3) is 0 Å². The van der Waals surface area contributed by atoms with Gasteiger partial charge in [-0.2, -0.15) is 0 Å². The van der Waals surface area contributed by atoms with E-state index in [1.165, 1.54) is 30.5 Å². The van der Waals surface area contributed by atoms with E-state index in [9.17, 15) is 0 Å². The fraction of sp³-hybridized carbons (Fsp3) is 0.706. The number of nitrogens with one attached hydrogen (secondary N) is 1. The van der Waals surface area contributed by atoms with Crippen LogP contribution >= 0.6 is 0 Å². The minimum atomic E-state index is -1.62. The Kier molecular flexibility index (Phi) is 5.23. The van der Waals surface area contributed by atoms with Gasteiger partial charge in [0.25, 0.3) is 0 Å². The van der Waals surface area contributed by atoms with Gasteiger partial charge in [0.1, 0.15) is 0 Å². The molecule has 1 N–H and O–H groups in total. The van der Waals surface area contributed by atoms with Crippen molar-refractivity contribution in [3.05, 3.63) is 29.6 Å². The maximum atomic E-state index is 6.23. The van der Waals surface area contributed by atoms with Gasteiger partial charge in [-0.15, -0.1) is 0 Å². The second-order valence-electron chi connectivity index (χ2n) is 7.56. The molecule has 1 aromatic rings. The molecule has 3 nitrogen and oxygen atoms in total. The van der Waals surface area contributed by atoms with Crippen molar-refractivity contribution in [3.63, 3.8) is 0 Å². The van der Waals surface area contributed by atoms with Crippen molar-refractivity contribution in [3.8, 4) is 0 Å². The highest BCUT2D eigenvalue weighted by Crippen LogP contribution is 2.36. The monoisotopic (exact) mass is 306 g/mol. The number of hydrogen-bond donors (Lipinski definition) is 1. The highest BCUT2D eigenvalue weighted by molar-refractivity contribution is 6.74. The van der Waals surface area contributed by atoms with Crippen LogP contribution in [-0.4, -0.2) is 26.5 Å². The summed E-state index contributed by atoms with van der Waals surface area (Å²) in [5.41, 5.74) is 2.66. The molecule has 0 saturated carbocycles. The molecule has 1 aromatic heterocycles. The first kappa shape index (κ1) is 16.7. The highest BCUT2D eigenvalue weighted by Gasteiger charge is 2.36. The van der Waals surface area contributed by atoms with Crippen LogP contribution in [0.5, 0.6) is 0 Å². The average Bonchev–Trinajstić information content (AvgIpc) is 2.42. The molecule has 0 aliphatic heterocycles. The maximum absolute atomic E-state index is 6.23. The molecule has 4 heteroatoms. The van der Waals surface area contributed by atoms with E-state index in [2.05, 4.69) is 50.2 Å². The smallest absolute Gasteiger partial charge is 0.192 e. The summed E-state index contributed by atoms with van der Waals surface area (Å²) in [7, 11) is -1.62. The number of rotatable bonds is 5. The van der Waals surface area contributed by atoms with Gasteiger partial charge in [0.2, 0.25) is 0 Å². The van der Waals surface area contributed by atoms with E-state index in [0.29, 0.717) is 6.04 Å². The first-order chi connectivity index (χ1) is 9.81. The minimum absolute atomic E-state index is 0.284. The Labute approximate surface area is 130 Å². The number of hydrogen-bond acceptors (Lipinski definition) is 3. The molecule has 0 saturated heterocycles. The Bertz CT molecular complexity index is 468. The number of nitrogens with zero attached hydrogens (tertiary/aromatic N) is 1. The molecule has 118 valence electrons. The maximum Gasteiger partial charge on any atom is 0.192 e. The van der Waals surface area contributed by atoms with Crippen LogP contribution in [0.2, 0.25) is 18.1 Å². The topological polar surface area (TPSA) is 34.1 Å². The summed E-state index contributed by atoms with van der Waals surface area (Å²) in [5.74, 6) is 0. The molecule has 0 radical (unpaired) electrons. The molecular formula is C17H30N2OSi. The summed E-state index contributed by atoms with van der Waals surface area (Å²) < 4.78 is 6.23. The molecule has 21 heavy (non-hydrogen) atoms.